The second kappa shape index (κ2) is 54.3. The van der Waals surface area contributed by atoms with Crippen LogP contribution in [0.4, 0.5) is 0 Å². The number of ether oxygens (including phenoxy) is 6. The van der Waals surface area contributed by atoms with E-state index in [1.807, 2.05) is 6.08 Å². The lowest BCUT2D eigenvalue weighted by Crippen LogP contribution is -2.66. The molecule has 3 rings (SSSR count). The second-order valence-electron chi connectivity index (χ2n) is 25.7. The number of unbranched alkanes of at least 4 members (excludes halogenated alkanes) is 29. The van der Waals surface area contributed by atoms with Crippen molar-refractivity contribution in [1.82, 2.24) is 5.32 Å². The summed E-state index contributed by atoms with van der Waals surface area (Å²) in [6.45, 7) is 1.68. The lowest BCUT2D eigenvalue weighted by molar-refractivity contribution is -0.379. The predicted molar refractivity (Wildman–Crippen MR) is 360 cm³/mol. The molecule has 1 amide bonds. The molecule has 19 heteroatoms. The molecule has 0 saturated carbocycles. The first-order valence-corrected chi connectivity index (χ1v) is 36.2. The molecule has 0 aromatic carbocycles. The van der Waals surface area contributed by atoms with Gasteiger partial charge in [0.15, 0.2) is 18.9 Å². The molecule has 19 nitrogen and oxygen atoms in total. The third-order valence-corrected chi connectivity index (χ3v) is 17.7. The summed E-state index contributed by atoms with van der Waals surface area (Å²) >= 11 is 0. The molecule has 17 atom stereocenters. The summed E-state index contributed by atoms with van der Waals surface area (Å²) in [5.41, 5.74) is 0. The van der Waals surface area contributed by atoms with E-state index in [4.69, 9.17) is 28.4 Å². The molecule has 3 saturated heterocycles. The third kappa shape index (κ3) is 35.5. The molecule has 0 bridgehead atoms. The van der Waals surface area contributed by atoms with Crippen LogP contribution in [0.2, 0.25) is 0 Å². The average molecular weight is 1310 g/mol. The van der Waals surface area contributed by atoms with E-state index < -0.39 is 124 Å². The number of rotatable bonds is 55. The molecule has 534 valence electrons. The SMILES string of the molecule is CCCCC/C=C\C/C=C\C/C=C\CCCCCCCCC(=O)NC(COC1OC(CO)C(OC2OC(CO)C(OC3OC(CO)C(O)C(O)C3O)C(O)C2O)C(O)C1O)C(O)/C=C/CC/C=C/CC/C=C/CCCCCCCCCCCCCCCCCCCC. The van der Waals surface area contributed by atoms with Crippen LogP contribution in [0.1, 0.15) is 251 Å². The highest BCUT2D eigenvalue weighted by molar-refractivity contribution is 5.76. The summed E-state index contributed by atoms with van der Waals surface area (Å²) < 4.78 is 34.3. The van der Waals surface area contributed by atoms with Gasteiger partial charge in [-0.3, -0.25) is 4.79 Å². The fourth-order valence-corrected chi connectivity index (χ4v) is 11.8. The van der Waals surface area contributed by atoms with Crippen LogP contribution in [-0.4, -0.2) is 193 Å². The first-order valence-electron chi connectivity index (χ1n) is 36.2. The van der Waals surface area contributed by atoms with Crippen LogP contribution >= 0.6 is 0 Å². The van der Waals surface area contributed by atoms with Gasteiger partial charge in [-0.25, -0.2) is 0 Å². The van der Waals surface area contributed by atoms with Crippen LogP contribution in [0.3, 0.4) is 0 Å². The van der Waals surface area contributed by atoms with Crippen molar-refractivity contribution in [2.45, 2.75) is 356 Å². The van der Waals surface area contributed by atoms with Crippen molar-refractivity contribution in [2.24, 2.45) is 0 Å². The standard InChI is InChI=1S/C73H129NO18/c1-3-5-7-9-11-13-15-17-19-21-23-24-25-26-27-28-29-30-31-33-34-36-38-40-42-44-46-48-50-57(78)56(74-61(79)51-49-47-45-43-41-39-37-35-32-22-20-18-16-14-12-10-8-6-4-2)55-87-71-67(85)64(82)69(59(53-76)89-71)92-73-68(86)65(83)70(60(54-77)90-73)91-72-66(84)63(81)62(80)58(52-75)88-72/h12,14,18,20,32-35,40,42,48,50,56-60,62-73,75-78,80-86H,3-11,13,15-17,19,21-31,36-39,41,43-47,49,51-55H2,1-2H3,(H,74,79)/b14-12-,20-18-,34-33+,35-32-,42-40+,50-48+. The topological polar surface area (TPSA) is 307 Å². The second-order valence-corrected chi connectivity index (χ2v) is 25.7. The molecule has 0 radical (unpaired) electrons. The minimum atomic E-state index is -1.99. The van der Waals surface area contributed by atoms with Gasteiger partial charge < -0.3 is 89.9 Å². The molecule has 0 aromatic heterocycles. The van der Waals surface area contributed by atoms with E-state index in [-0.39, 0.29) is 18.9 Å². The molecule has 17 unspecified atom stereocenters. The number of allylic oxidation sites excluding steroid dienone is 11. The summed E-state index contributed by atoms with van der Waals surface area (Å²) in [6.07, 6.45) is 41.7. The van der Waals surface area contributed by atoms with Crippen LogP contribution in [0.5, 0.6) is 0 Å². The lowest BCUT2D eigenvalue weighted by Gasteiger charge is -2.48. The molecule has 0 aliphatic carbocycles. The maximum Gasteiger partial charge on any atom is 0.220 e. The third-order valence-electron chi connectivity index (χ3n) is 17.7. The van der Waals surface area contributed by atoms with Crippen LogP contribution in [0.15, 0.2) is 72.9 Å². The van der Waals surface area contributed by atoms with Gasteiger partial charge in [-0.1, -0.05) is 234 Å². The van der Waals surface area contributed by atoms with Gasteiger partial charge in [-0.15, -0.1) is 0 Å². The molecular weight excluding hydrogens is 1180 g/mol. The van der Waals surface area contributed by atoms with Crippen LogP contribution in [0.25, 0.3) is 0 Å². The molecule has 3 fully saturated rings. The molecule has 0 spiro atoms. The summed E-state index contributed by atoms with van der Waals surface area (Å²) in [5, 5.41) is 121. The monoisotopic (exact) mass is 1310 g/mol. The predicted octanol–water partition coefficient (Wildman–Crippen LogP) is 10.1. The number of carbonyl (C=O) groups excluding carboxylic acids is 1. The van der Waals surface area contributed by atoms with Crippen LogP contribution in [-0.2, 0) is 33.2 Å². The fourth-order valence-electron chi connectivity index (χ4n) is 11.8. The highest BCUT2D eigenvalue weighted by atomic mass is 16.8. The Morgan fingerprint density at radius 2 is 0.728 bits per heavy atom. The summed E-state index contributed by atoms with van der Waals surface area (Å²) in [4.78, 5) is 13.4. The Hall–Kier alpha value is -2.77. The van der Waals surface area contributed by atoms with E-state index in [1.54, 1.807) is 6.08 Å². The molecule has 3 aliphatic rings. The number of aliphatic hydroxyl groups is 11. The Balaban J connectivity index is 1.45. The molecule has 3 aliphatic heterocycles. The summed E-state index contributed by atoms with van der Waals surface area (Å²) in [5.74, 6) is -0.303. The van der Waals surface area contributed by atoms with E-state index in [0.29, 0.717) is 12.8 Å². The van der Waals surface area contributed by atoms with Gasteiger partial charge in [0, 0.05) is 6.42 Å². The van der Waals surface area contributed by atoms with E-state index in [1.165, 1.54) is 135 Å². The van der Waals surface area contributed by atoms with Crippen molar-refractivity contribution in [3.63, 3.8) is 0 Å². The number of nitrogens with one attached hydrogen (secondary N) is 1. The number of amides is 1. The zero-order chi connectivity index (χ0) is 66.8. The van der Waals surface area contributed by atoms with Crippen molar-refractivity contribution in [1.29, 1.82) is 0 Å². The molecule has 92 heavy (non-hydrogen) atoms. The highest BCUT2D eigenvalue weighted by Gasteiger charge is 2.53. The minimum Gasteiger partial charge on any atom is -0.394 e. The number of hydrogen-bond donors (Lipinski definition) is 12. The van der Waals surface area contributed by atoms with Crippen molar-refractivity contribution in [3.05, 3.63) is 72.9 Å². The number of hydrogen-bond acceptors (Lipinski definition) is 18. The summed E-state index contributed by atoms with van der Waals surface area (Å²) in [7, 11) is 0. The lowest BCUT2D eigenvalue weighted by atomic mass is 9.96. The fraction of sp³-hybridized carbons (Fsp3) is 0.822. The van der Waals surface area contributed by atoms with Crippen molar-refractivity contribution in [2.75, 3.05) is 26.4 Å². The largest absolute Gasteiger partial charge is 0.394 e. The highest BCUT2D eigenvalue weighted by Crippen LogP contribution is 2.33. The van der Waals surface area contributed by atoms with E-state index in [0.717, 1.165) is 83.5 Å². The molecule has 0 aromatic rings. The first kappa shape index (κ1) is 83.5. The van der Waals surface area contributed by atoms with Gasteiger partial charge in [0.25, 0.3) is 0 Å². The maximum absolute atomic E-state index is 13.4. The van der Waals surface area contributed by atoms with E-state index in [2.05, 4.69) is 79.9 Å². The minimum absolute atomic E-state index is 0.214. The van der Waals surface area contributed by atoms with Gasteiger partial charge in [0.1, 0.15) is 73.2 Å². The Bertz CT molecular complexity index is 1950. The van der Waals surface area contributed by atoms with E-state index >= 15 is 0 Å². The quantitative estimate of drug-likeness (QED) is 0.0199. The van der Waals surface area contributed by atoms with Crippen molar-refractivity contribution in [3.8, 4) is 0 Å². The average Bonchev–Trinajstić information content (AvgIpc) is 0.855. The maximum atomic E-state index is 13.4. The van der Waals surface area contributed by atoms with E-state index in [9.17, 15) is 61.0 Å². The van der Waals surface area contributed by atoms with Crippen molar-refractivity contribution >= 4 is 5.91 Å². The number of carbonyl (C=O) groups is 1. The zero-order valence-corrected chi connectivity index (χ0v) is 56.5. The normalized spacial score (nSPS) is 28.1. The van der Waals surface area contributed by atoms with Crippen LogP contribution < -0.4 is 5.32 Å². The van der Waals surface area contributed by atoms with Crippen LogP contribution in [0, 0.1) is 0 Å². The van der Waals surface area contributed by atoms with Gasteiger partial charge in [0.2, 0.25) is 5.91 Å². The van der Waals surface area contributed by atoms with Gasteiger partial charge in [0.05, 0.1) is 38.6 Å². The van der Waals surface area contributed by atoms with Gasteiger partial charge in [-0.2, -0.15) is 0 Å². The zero-order valence-electron chi connectivity index (χ0n) is 56.5. The van der Waals surface area contributed by atoms with Gasteiger partial charge in [-0.05, 0) is 83.5 Å². The first-order chi connectivity index (χ1) is 44.8. The Morgan fingerprint density at radius 3 is 1.18 bits per heavy atom. The van der Waals surface area contributed by atoms with Gasteiger partial charge >= 0.3 is 0 Å². The number of aliphatic hydroxyl groups excluding tert-OH is 11. The molecular formula is C73H129NO18. The van der Waals surface area contributed by atoms with Crippen molar-refractivity contribution < 1.29 is 89.4 Å². The Labute approximate surface area is 553 Å². The molecule has 3 heterocycles. The Morgan fingerprint density at radius 1 is 0.391 bits per heavy atom. The summed E-state index contributed by atoms with van der Waals surface area (Å²) in [6, 6.07) is -1.01. The molecule has 12 N–H and O–H groups in total. The smallest absolute Gasteiger partial charge is 0.220 e. The Kier molecular flexibility index (Phi) is 49.2.